The topological polar surface area (TPSA) is 111 Å². The average molecular weight is 456 g/mol. The fourth-order valence-corrected chi connectivity index (χ4v) is 5.57. The van der Waals surface area contributed by atoms with Crippen molar-refractivity contribution >= 4 is 15.7 Å². The van der Waals surface area contributed by atoms with Crippen LogP contribution in [0.25, 0.3) is 11.3 Å². The predicted molar refractivity (Wildman–Crippen MR) is 120 cm³/mol. The fraction of sp³-hybridized carbons (Fsp3) is 0.304. The molecule has 1 aliphatic heterocycles. The van der Waals surface area contributed by atoms with Gasteiger partial charge in [-0.15, -0.1) is 0 Å². The van der Waals surface area contributed by atoms with Crippen LogP contribution in [0.5, 0.6) is 5.75 Å². The molecule has 2 unspecified atom stereocenters. The van der Waals surface area contributed by atoms with Gasteiger partial charge in [0.2, 0.25) is 0 Å². The number of methoxy groups -OCH3 is 1. The smallest absolute Gasteiger partial charge is 0.272 e. The number of nitrogens with one attached hydrogen (secondary N) is 1. The van der Waals surface area contributed by atoms with Crippen LogP contribution in [-0.2, 0) is 9.84 Å². The number of sulfone groups is 1. The molecule has 32 heavy (non-hydrogen) atoms. The van der Waals surface area contributed by atoms with Gasteiger partial charge in [-0.3, -0.25) is 9.48 Å². The molecule has 8 nitrogen and oxygen atoms in total. The number of hydrogen-bond donors (Lipinski definition) is 2. The fourth-order valence-electron chi connectivity index (χ4n) is 3.88. The van der Waals surface area contributed by atoms with Crippen molar-refractivity contribution in [3.63, 3.8) is 0 Å². The molecule has 2 heterocycles. The molecular weight excluding hydrogens is 430 g/mol. The molecular formula is C23H25N3O5S. The van der Waals surface area contributed by atoms with Crippen molar-refractivity contribution in [1.29, 1.82) is 0 Å². The standard InChI is InChI=1S/C23H25N3O5S/c1-31-19-9-7-17(8-10-19)22-13-20(25-26(22)18-11-12-32(29,30)15-18)23(28)24-21(14-27)16-5-3-2-4-6-16/h2-10,13,18,21,27H,11-12,14-15H2,1H3,(H,24,28). The Hall–Kier alpha value is -3.17. The normalized spacial score (nSPS) is 18.2. The Balaban J connectivity index is 1.67. The highest BCUT2D eigenvalue weighted by atomic mass is 32.2. The number of carbonyl (C=O) groups excluding carboxylic acids is 1. The predicted octanol–water partition coefficient (Wildman–Crippen LogP) is 2.38. The number of ether oxygens (including phenoxy) is 1. The lowest BCUT2D eigenvalue weighted by atomic mass is 10.1. The van der Waals surface area contributed by atoms with Gasteiger partial charge in [0.25, 0.3) is 5.91 Å². The summed E-state index contributed by atoms with van der Waals surface area (Å²) in [5.41, 5.74) is 2.39. The van der Waals surface area contributed by atoms with E-state index in [2.05, 4.69) is 10.4 Å². The zero-order valence-corrected chi connectivity index (χ0v) is 18.5. The van der Waals surface area contributed by atoms with Crippen molar-refractivity contribution in [1.82, 2.24) is 15.1 Å². The van der Waals surface area contributed by atoms with Crippen LogP contribution in [0.15, 0.2) is 60.7 Å². The van der Waals surface area contributed by atoms with E-state index in [-0.39, 0.29) is 29.8 Å². The van der Waals surface area contributed by atoms with Gasteiger partial charge in [-0.05, 0) is 42.3 Å². The molecule has 2 N–H and O–H groups in total. The molecule has 0 bridgehead atoms. The molecule has 9 heteroatoms. The number of amides is 1. The first kappa shape index (κ1) is 22.0. The van der Waals surface area contributed by atoms with Gasteiger partial charge in [-0.2, -0.15) is 5.10 Å². The molecule has 4 rings (SSSR count). The summed E-state index contributed by atoms with van der Waals surface area (Å²) in [5.74, 6) is 0.335. The highest BCUT2D eigenvalue weighted by Crippen LogP contribution is 2.31. The summed E-state index contributed by atoms with van der Waals surface area (Å²) in [5, 5.41) is 17.1. The molecule has 0 spiro atoms. The number of rotatable bonds is 7. The summed E-state index contributed by atoms with van der Waals surface area (Å²) in [6.45, 7) is -0.261. The van der Waals surface area contributed by atoms with Gasteiger partial charge in [-0.1, -0.05) is 30.3 Å². The van der Waals surface area contributed by atoms with E-state index in [0.29, 0.717) is 17.9 Å². The molecule has 1 saturated heterocycles. The molecule has 1 aromatic heterocycles. The van der Waals surface area contributed by atoms with E-state index in [9.17, 15) is 18.3 Å². The summed E-state index contributed by atoms with van der Waals surface area (Å²) in [4.78, 5) is 13.0. The molecule has 3 aromatic rings. The molecule has 2 aromatic carbocycles. The minimum atomic E-state index is -3.14. The van der Waals surface area contributed by atoms with Crippen LogP contribution >= 0.6 is 0 Å². The van der Waals surface area contributed by atoms with E-state index in [1.807, 2.05) is 42.5 Å². The summed E-state index contributed by atoms with van der Waals surface area (Å²) in [6.07, 6.45) is 0.442. The van der Waals surface area contributed by atoms with Crippen LogP contribution in [0.4, 0.5) is 0 Å². The maximum Gasteiger partial charge on any atom is 0.272 e. The number of benzene rings is 2. The lowest BCUT2D eigenvalue weighted by Crippen LogP contribution is -2.31. The van der Waals surface area contributed by atoms with Crippen molar-refractivity contribution in [3.05, 3.63) is 71.9 Å². The summed E-state index contributed by atoms with van der Waals surface area (Å²) in [6, 6.07) is 17.2. The maximum atomic E-state index is 13.0. The largest absolute Gasteiger partial charge is 0.497 e. The molecule has 1 amide bonds. The minimum Gasteiger partial charge on any atom is -0.497 e. The molecule has 0 saturated carbocycles. The third kappa shape index (κ3) is 4.68. The first-order valence-corrected chi connectivity index (χ1v) is 12.1. The Bertz CT molecular complexity index is 1190. The highest BCUT2D eigenvalue weighted by Gasteiger charge is 2.32. The van der Waals surface area contributed by atoms with Crippen LogP contribution in [0, 0.1) is 0 Å². The van der Waals surface area contributed by atoms with Crippen molar-refractivity contribution in [2.45, 2.75) is 18.5 Å². The van der Waals surface area contributed by atoms with E-state index in [1.54, 1.807) is 30.0 Å². The van der Waals surface area contributed by atoms with Crippen LogP contribution in [0.3, 0.4) is 0 Å². The van der Waals surface area contributed by atoms with E-state index < -0.39 is 21.8 Å². The number of carbonyl (C=O) groups is 1. The van der Waals surface area contributed by atoms with Crippen molar-refractivity contribution in [2.75, 3.05) is 25.2 Å². The lowest BCUT2D eigenvalue weighted by molar-refractivity contribution is 0.0910. The molecule has 0 radical (unpaired) electrons. The Morgan fingerprint density at radius 2 is 1.94 bits per heavy atom. The van der Waals surface area contributed by atoms with Crippen molar-refractivity contribution < 1.29 is 23.1 Å². The Morgan fingerprint density at radius 3 is 2.53 bits per heavy atom. The zero-order valence-electron chi connectivity index (χ0n) is 17.6. The number of hydrogen-bond acceptors (Lipinski definition) is 6. The third-order valence-electron chi connectivity index (χ3n) is 5.60. The van der Waals surface area contributed by atoms with Gasteiger partial charge in [0, 0.05) is 5.56 Å². The van der Waals surface area contributed by atoms with Crippen LogP contribution in [0.1, 0.15) is 34.6 Å². The SMILES string of the molecule is COc1ccc(-c2cc(C(=O)NC(CO)c3ccccc3)nn2C2CCS(=O)(=O)C2)cc1. The van der Waals surface area contributed by atoms with Gasteiger partial charge < -0.3 is 15.2 Å². The average Bonchev–Trinajstić information content (AvgIpc) is 3.41. The van der Waals surface area contributed by atoms with E-state index in [0.717, 1.165) is 11.1 Å². The zero-order chi connectivity index (χ0) is 22.7. The van der Waals surface area contributed by atoms with Crippen LogP contribution < -0.4 is 10.1 Å². The Kier molecular flexibility index (Phi) is 6.29. The monoisotopic (exact) mass is 455 g/mol. The maximum absolute atomic E-state index is 13.0. The Labute approximate surface area is 186 Å². The summed E-state index contributed by atoms with van der Waals surface area (Å²) in [7, 11) is -1.56. The van der Waals surface area contributed by atoms with Gasteiger partial charge in [-0.25, -0.2) is 8.42 Å². The highest BCUT2D eigenvalue weighted by molar-refractivity contribution is 7.91. The van der Waals surface area contributed by atoms with Gasteiger partial charge >= 0.3 is 0 Å². The van der Waals surface area contributed by atoms with E-state index in [4.69, 9.17) is 4.74 Å². The second kappa shape index (κ2) is 9.13. The molecule has 168 valence electrons. The number of aliphatic hydroxyl groups is 1. The van der Waals surface area contributed by atoms with Crippen molar-refractivity contribution in [2.24, 2.45) is 0 Å². The molecule has 1 aliphatic rings. The summed E-state index contributed by atoms with van der Waals surface area (Å²) >= 11 is 0. The Morgan fingerprint density at radius 1 is 1.22 bits per heavy atom. The molecule has 2 atom stereocenters. The second-order valence-electron chi connectivity index (χ2n) is 7.76. The summed E-state index contributed by atoms with van der Waals surface area (Å²) < 4.78 is 31.0. The van der Waals surface area contributed by atoms with E-state index >= 15 is 0 Å². The van der Waals surface area contributed by atoms with Gasteiger partial charge in [0.05, 0.1) is 43.0 Å². The van der Waals surface area contributed by atoms with Crippen molar-refractivity contribution in [3.8, 4) is 17.0 Å². The minimum absolute atomic E-state index is 0.0117. The van der Waals surface area contributed by atoms with Crippen LogP contribution in [0.2, 0.25) is 0 Å². The number of aliphatic hydroxyl groups excluding tert-OH is 1. The number of aromatic nitrogens is 2. The third-order valence-corrected chi connectivity index (χ3v) is 7.35. The van der Waals surface area contributed by atoms with Gasteiger partial charge in [0.15, 0.2) is 15.5 Å². The van der Waals surface area contributed by atoms with E-state index in [1.165, 1.54) is 0 Å². The lowest BCUT2D eigenvalue weighted by Gasteiger charge is -2.16. The second-order valence-corrected chi connectivity index (χ2v) is 9.99. The quantitative estimate of drug-likeness (QED) is 0.566. The first-order valence-electron chi connectivity index (χ1n) is 10.3. The number of nitrogens with zero attached hydrogens (tertiary/aromatic N) is 2. The first-order chi connectivity index (χ1) is 15.4. The molecule has 1 fully saturated rings. The van der Waals surface area contributed by atoms with Gasteiger partial charge in [0.1, 0.15) is 5.75 Å². The van der Waals surface area contributed by atoms with Crippen LogP contribution in [-0.4, -0.2) is 54.4 Å². The molecule has 0 aliphatic carbocycles.